The molecule has 4 heteroatoms. The summed E-state index contributed by atoms with van der Waals surface area (Å²) in [5.74, 6) is 0.129. The minimum atomic E-state index is -0.681. The lowest BCUT2D eigenvalue weighted by molar-refractivity contribution is -0.140. The van der Waals surface area contributed by atoms with Gasteiger partial charge in [0, 0.05) is 19.5 Å². The number of hydrogen-bond acceptors (Lipinski definition) is 2. The normalized spacial score (nSPS) is 19.6. The van der Waals surface area contributed by atoms with Gasteiger partial charge in [0.25, 0.3) is 0 Å². The van der Waals surface area contributed by atoms with Gasteiger partial charge in [0.1, 0.15) is 0 Å². The summed E-state index contributed by atoms with van der Waals surface area (Å²) >= 11 is 0. The van der Waals surface area contributed by atoms with E-state index < -0.39 is 5.41 Å². The third kappa shape index (κ3) is 4.61. The molecule has 0 unspecified atom stereocenters. The highest BCUT2D eigenvalue weighted by molar-refractivity contribution is 5.83. The quantitative estimate of drug-likeness (QED) is 0.825. The molecule has 0 bridgehead atoms. The van der Waals surface area contributed by atoms with Crippen LogP contribution in [0.15, 0.2) is 54.6 Å². The summed E-state index contributed by atoms with van der Waals surface area (Å²) in [4.78, 5) is 26.8. The van der Waals surface area contributed by atoms with Crippen molar-refractivity contribution in [2.24, 2.45) is 17.1 Å². The minimum Gasteiger partial charge on any atom is -0.369 e. The zero-order valence-electron chi connectivity index (χ0n) is 16.9. The largest absolute Gasteiger partial charge is 0.369 e. The van der Waals surface area contributed by atoms with Crippen molar-refractivity contribution in [3.05, 3.63) is 60.2 Å². The van der Waals surface area contributed by atoms with Crippen LogP contribution in [0, 0.1) is 11.3 Å². The molecule has 148 valence electrons. The number of nitrogens with two attached hydrogens (primary N) is 1. The van der Waals surface area contributed by atoms with E-state index in [1.54, 1.807) is 0 Å². The van der Waals surface area contributed by atoms with Crippen molar-refractivity contribution in [2.75, 3.05) is 13.1 Å². The van der Waals surface area contributed by atoms with E-state index in [4.69, 9.17) is 5.73 Å². The first kappa shape index (κ1) is 20.1. The van der Waals surface area contributed by atoms with Crippen molar-refractivity contribution in [1.82, 2.24) is 4.90 Å². The SMILES string of the molecule is CC(C)CC(=O)N1CCC[C@@](Cc2ccc(-c3ccccc3)cc2)(C(N)=O)C1. The Balaban J connectivity index is 1.77. The van der Waals surface area contributed by atoms with Crippen LogP contribution in [-0.2, 0) is 16.0 Å². The number of likely N-dealkylation sites (tertiary alicyclic amines) is 1. The van der Waals surface area contributed by atoms with Gasteiger partial charge < -0.3 is 10.6 Å². The van der Waals surface area contributed by atoms with Gasteiger partial charge in [0.15, 0.2) is 0 Å². The van der Waals surface area contributed by atoms with Crippen molar-refractivity contribution >= 4 is 11.8 Å². The number of rotatable bonds is 6. The Kier molecular flexibility index (Phi) is 6.18. The second-order valence-corrected chi connectivity index (χ2v) is 8.40. The van der Waals surface area contributed by atoms with Gasteiger partial charge in [-0.1, -0.05) is 68.4 Å². The van der Waals surface area contributed by atoms with E-state index in [1.165, 1.54) is 5.56 Å². The molecule has 0 saturated carbocycles. The third-order valence-corrected chi connectivity index (χ3v) is 5.64. The lowest BCUT2D eigenvalue weighted by Crippen LogP contribution is -2.53. The van der Waals surface area contributed by atoms with E-state index in [1.807, 2.05) is 36.9 Å². The number of nitrogens with zero attached hydrogens (tertiary/aromatic N) is 1. The average molecular weight is 379 g/mol. The van der Waals surface area contributed by atoms with Gasteiger partial charge in [-0.15, -0.1) is 0 Å². The van der Waals surface area contributed by atoms with Crippen LogP contribution in [0.5, 0.6) is 0 Å². The zero-order chi connectivity index (χ0) is 20.1. The first-order valence-corrected chi connectivity index (χ1v) is 10.1. The molecule has 0 spiro atoms. The van der Waals surface area contributed by atoms with Crippen LogP contribution in [0.25, 0.3) is 11.1 Å². The van der Waals surface area contributed by atoms with Crippen LogP contribution in [0.2, 0.25) is 0 Å². The minimum absolute atomic E-state index is 0.125. The van der Waals surface area contributed by atoms with Crippen LogP contribution in [0.4, 0.5) is 0 Å². The van der Waals surface area contributed by atoms with Crippen LogP contribution in [-0.4, -0.2) is 29.8 Å². The predicted molar refractivity (Wildman–Crippen MR) is 112 cm³/mol. The molecule has 2 amide bonds. The molecule has 0 radical (unpaired) electrons. The van der Waals surface area contributed by atoms with Gasteiger partial charge in [-0.05, 0) is 41.9 Å². The van der Waals surface area contributed by atoms with Crippen molar-refractivity contribution in [1.29, 1.82) is 0 Å². The highest BCUT2D eigenvalue weighted by Crippen LogP contribution is 2.34. The Bertz CT molecular complexity index is 814. The molecule has 0 aromatic heterocycles. The average Bonchev–Trinajstić information content (AvgIpc) is 2.69. The Labute approximate surface area is 167 Å². The van der Waals surface area contributed by atoms with Gasteiger partial charge in [-0.2, -0.15) is 0 Å². The third-order valence-electron chi connectivity index (χ3n) is 5.64. The maximum atomic E-state index is 12.5. The molecule has 1 atom stereocenters. The molecule has 0 aliphatic carbocycles. The van der Waals surface area contributed by atoms with Crippen LogP contribution in [0.1, 0.15) is 38.7 Å². The number of amides is 2. The molecule has 2 aromatic carbocycles. The first-order chi connectivity index (χ1) is 13.4. The second kappa shape index (κ2) is 8.59. The number of benzene rings is 2. The summed E-state index contributed by atoms with van der Waals surface area (Å²) in [7, 11) is 0. The van der Waals surface area contributed by atoms with Crippen molar-refractivity contribution in [3.8, 4) is 11.1 Å². The van der Waals surface area contributed by atoms with Crippen LogP contribution >= 0.6 is 0 Å². The topological polar surface area (TPSA) is 63.4 Å². The summed E-state index contributed by atoms with van der Waals surface area (Å²) < 4.78 is 0. The van der Waals surface area contributed by atoms with E-state index >= 15 is 0 Å². The fourth-order valence-corrected chi connectivity index (χ4v) is 4.09. The second-order valence-electron chi connectivity index (χ2n) is 8.40. The number of piperidine rings is 1. The van der Waals surface area contributed by atoms with E-state index in [9.17, 15) is 9.59 Å². The van der Waals surface area contributed by atoms with Gasteiger partial charge >= 0.3 is 0 Å². The molecule has 4 nitrogen and oxygen atoms in total. The van der Waals surface area contributed by atoms with Crippen molar-refractivity contribution in [3.63, 3.8) is 0 Å². The number of carbonyl (C=O) groups excluding carboxylic acids is 2. The van der Waals surface area contributed by atoms with Gasteiger partial charge in [0.2, 0.25) is 11.8 Å². The summed E-state index contributed by atoms with van der Waals surface area (Å²) in [6.07, 6.45) is 2.63. The summed E-state index contributed by atoms with van der Waals surface area (Å²) in [5.41, 5.74) is 8.57. The summed E-state index contributed by atoms with van der Waals surface area (Å²) in [5, 5.41) is 0. The number of carbonyl (C=O) groups is 2. The molecule has 2 aromatic rings. The molecule has 1 aliphatic heterocycles. The lowest BCUT2D eigenvalue weighted by atomic mass is 9.74. The smallest absolute Gasteiger partial charge is 0.225 e. The van der Waals surface area contributed by atoms with Crippen LogP contribution < -0.4 is 5.73 Å². The Morgan fingerprint density at radius 1 is 1.04 bits per heavy atom. The van der Waals surface area contributed by atoms with Crippen LogP contribution in [0.3, 0.4) is 0 Å². The molecule has 2 N–H and O–H groups in total. The lowest BCUT2D eigenvalue weighted by Gasteiger charge is -2.41. The molecule has 1 heterocycles. The van der Waals surface area contributed by atoms with Gasteiger partial charge in [0.05, 0.1) is 5.41 Å². The Morgan fingerprint density at radius 3 is 2.29 bits per heavy atom. The maximum absolute atomic E-state index is 12.5. The molecule has 3 rings (SSSR count). The number of hydrogen-bond donors (Lipinski definition) is 1. The van der Waals surface area contributed by atoms with E-state index in [0.29, 0.717) is 31.8 Å². The number of primary amides is 1. The first-order valence-electron chi connectivity index (χ1n) is 10.1. The molecule has 1 saturated heterocycles. The fourth-order valence-electron chi connectivity index (χ4n) is 4.09. The monoisotopic (exact) mass is 378 g/mol. The highest BCUT2D eigenvalue weighted by Gasteiger charge is 2.42. The van der Waals surface area contributed by atoms with Gasteiger partial charge in [-0.3, -0.25) is 9.59 Å². The Hall–Kier alpha value is -2.62. The zero-order valence-corrected chi connectivity index (χ0v) is 16.9. The highest BCUT2D eigenvalue weighted by atomic mass is 16.2. The summed E-state index contributed by atoms with van der Waals surface area (Å²) in [6.45, 7) is 5.22. The molecule has 1 fully saturated rings. The van der Waals surface area contributed by atoms with E-state index in [-0.39, 0.29) is 11.8 Å². The Morgan fingerprint density at radius 2 is 1.68 bits per heavy atom. The standard InChI is InChI=1S/C24H30N2O2/c1-18(2)15-22(27)26-14-6-13-24(17-26,23(25)28)16-19-9-11-21(12-10-19)20-7-4-3-5-8-20/h3-5,7-12,18H,6,13-17H2,1-2H3,(H2,25,28)/t24-/m0/s1. The molecule has 28 heavy (non-hydrogen) atoms. The maximum Gasteiger partial charge on any atom is 0.225 e. The fraction of sp³-hybridized carbons (Fsp3) is 0.417. The van der Waals surface area contributed by atoms with E-state index in [0.717, 1.165) is 24.0 Å². The van der Waals surface area contributed by atoms with Crippen molar-refractivity contribution < 1.29 is 9.59 Å². The van der Waals surface area contributed by atoms with E-state index in [2.05, 4.69) is 36.4 Å². The molecule has 1 aliphatic rings. The summed E-state index contributed by atoms with van der Waals surface area (Å²) in [6, 6.07) is 18.5. The van der Waals surface area contributed by atoms with Crippen molar-refractivity contribution in [2.45, 2.75) is 39.5 Å². The van der Waals surface area contributed by atoms with Gasteiger partial charge in [-0.25, -0.2) is 0 Å². The molecular formula is C24H30N2O2. The molecular weight excluding hydrogens is 348 g/mol. The predicted octanol–water partition coefficient (Wildman–Crippen LogP) is 4.04.